The molecule has 0 amide bonds. The number of nitriles is 1. The van der Waals surface area contributed by atoms with Gasteiger partial charge in [0.05, 0.1) is 16.5 Å². The second-order valence-corrected chi connectivity index (χ2v) is 7.79. The summed E-state index contributed by atoms with van der Waals surface area (Å²) in [5.41, 5.74) is 0.392. The van der Waals surface area contributed by atoms with Crippen molar-refractivity contribution in [2.24, 2.45) is 11.8 Å². The minimum Gasteiger partial charge on any atom is -0.207 e. The molecule has 4 nitrogen and oxygen atoms in total. The average molecular weight is 290 g/mol. The Kier molecular flexibility index (Phi) is 3.53. The van der Waals surface area contributed by atoms with Crippen LogP contribution in [0.5, 0.6) is 0 Å². The van der Waals surface area contributed by atoms with Crippen LogP contribution in [0.15, 0.2) is 29.2 Å². The third-order valence-corrected chi connectivity index (χ3v) is 5.75. The van der Waals surface area contributed by atoms with E-state index in [1.54, 1.807) is 22.5 Å². The Morgan fingerprint density at radius 2 is 1.75 bits per heavy atom. The molecule has 2 saturated carbocycles. The second kappa shape index (κ2) is 5.19. The van der Waals surface area contributed by atoms with Crippen LogP contribution in [0.25, 0.3) is 0 Å². The fourth-order valence-electron chi connectivity index (χ4n) is 2.32. The largest absolute Gasteiger partial charge is 0.243 e. The SMILES string of the molecule is N#Cc1cccc(S(=O)(=O)N(CC2CC2)CC2CC2)c1. The number of benzene rings is 1. The van der Waals surface area contributed by atoms with Gasteiger partial charge in [-0.1, -0.05) is 6.07 Å². The average Bonchev–Trinajstić information content (AvgIpc) is 3.33. The van der Waals surface area contributed by atoms with Gasteiger partial charge >= 0.3 is 0 Å². The zero-order chi connectivity index (χ0) is 14.2. The maximum absolute atomic E-state index is 12.7. The minimum atomic E-state index is -3.46. The lowest BCUT2D eigenvalue weighted by atomic mass is 10.2. The minimum absolute atomic E-state index is 0.248. The lowest BCUT2D eigenvalue weighted by Crippen LogP contribution is -2.34. The summed E-state index contributed by atoms with van der Waals surface area (Å²) >= 11 is 0. The molecule has 1 aromatic carbocycles. The van der Waals surface area contributed by atoms with Crippen molar-refractivity contribution in [1.82, 2.24) is 4.31 Å². The fourth-order valence-corrected chi connectivity index (χ4v) is 3.96. The standard InChI is InChI=1S/C15H18N2O2S/c16-9-14-2-1-3-15(8-14)20(18,19)17(10-12-4-5-12)11-13-6-7-13/h1-3,8,12-13H,4-7,10-11H2. The molecule has 2 aliphatic rings. The van der Waals surface area contributed by atoms with E-state index < -0.39 is 10.0 Å². The van der Waals surface area contributed by atoms with E-state index in [1.165, 1.54) is 6.07 Å². The highest BCUT2D eigenvalue weighted by Crippen LogP contribution is 2.36. The van der Waals surface area contributed by atoms with Crippen molar-refractivity contribution in [1.29, 1.82) is 5.26 Å². The Labute approximate surface area is 120 Å². The molecular formula is C15H18N2O2S. The van der Waals surface area contributed by atoms with Crippen LogP contribution >= 0.6 is 0 Å². The Hall–Kier alpha value is -1.38. The van der Waals surface area contributed by atoms with Crippen LogP contribution in [0, 0.1) is 23.2 Å². The van der Waals surface area contributed by atoms with Gasteiger partial charge in [-0.15, -0.1) is 0 Å². The van der Waals surface area contributed by atoms with Gasteiger partial charge in [-0.3, -0.25) is 0 Å². The van der Waals surface area contributed by atoms with Crippen molar-refractivity contribution >= 4 is 10.0 Å². The monoisotopic (exact) mass is 290 g/mol. The van der Waals surface area contributed by atoms with Gasteiger partial charge in [0.2, 0.25) is 10.0 Å². The molecule has 0 spiro atoms. The van der Waals surface area contributed by atoms with E-state index in [9.17, 15) is 8.42 Å². The number of nitrogens with zero attached hydrogens (tertiary/aromatic N) is 2. The summed E-state index contributed by atoms with van der Waals surface area (Å²) < 4.78 is 27.1. The molecule has 2 fully saturated rings. The molecule has 0 aliphatic heterocycles. The van der Waals surface area contributed by atoms with Crippen LogP contribution in [0.1, 0.15) is 31.2 Å². The Morgan fingerprint density at radius 1 is 1.15 bits per heavy atom. The summed E-state index contributed by atoms with van der Waals surface area (Å²) in [6.45, 7) is 1.27. The highest BCUT2D eigenvalue weighted by atomic mass is 32.2. The van der Waals surface area contributed by atoms with E-state index in [-0.39, 0.29) is 4.90 Å². The predicted octanol–water partition coefficient (Wildman–Crippen LogP) is 2.37. The summed E-state index contributed by atoms with van der Waals surface area (Å²) in [6, 6.07) is 8.33. The van der Waals surface area contributed by atoms with Gasteiger partial charge < -0.3 is 0 Å². The van der Waals surface area contributed by atoms with Crippen molar-refractivity contribution in [3.05, 3.63) is 29.8 Å². The molecular weight excluding hydrogens is 272 g/mol. The molecule has 0 unspecified atom stereocenters. The molecule has 20 heavy (non-hydrogen) atoms. The molecule has 0 heterocycles. The molecule has 2 aliphatic carbocycles. The van der Waals surface area contributed by atoms with Gasteiger partial charge in [0.1, 0.15) is 0 Å². The lowest BCUT2D eigenvalue weighted by Gasteiger charge is -2.22. The summed E-state index contributed by atoms with van der Waals surface area (Å²) in [5.74, 6) is 1.06. The summed E-state index contributed by atoms with van der Waals surface area (Å²) in [7, 11) is -3.46. The van der Waals surface area contributed by atoms with E-state index in [1.807, 2.05) is 6.07 Å². The Morgan fingerprint density at radius 3 is 2.25 bits per heavy atom. The second-order valence-electron chi connectivity index (χ2n) is 5.85. The molecule has 0 radical (unpaired) electrons. The number of hydrogen-bond acceptors (Lipinski definition) is 3. The predicted molar refractivity (Wildman–Crippen MR) is 75.4 cm³/mol. The van der Waals surface area contributed by atoms with Crippen LogP contribution in [0.4, 0.5) is 0 Å². The fraction of sp³-hybridized carbons (Fsp3) is 0.533. The Balaban J connectivity index is 1.87. The highest BCUT2D eigenvalue weighted by molar-refractivity contribution is 7.89. The van der Waals surface area contributed by atoms with Crippen LogP contribution in [-0.2, 0) is 10.0 Å². The van der Waals surface area contributed by atoms with Crippen LogP contribution in [-0.4, -0.2) is 25.8 Å². The van der Waals surface area contributed by atoms with Gasteiger partial charge in [-0.25, -0.2) is 8.42 Å². The van der Waals surface area contributed by atoms with Gasteiger partial charge in [-0.05, 0) is 55.7 Å². The first-order valence-electron chi connectivity index (χ1n) is 7.10. The molecule has 1 aromatic rings. The van der Waals surface area contributed by atoms with E-state index >= 15 is 0 Å². The van der Waals surface area contributed by atoms with Crippen LogP contribution in [0.3, 0.4) is 0 Å². The normalized spacial score (nSPS) is 19.0. The number of rotatable bonds is 6. The van der Waals surface area contributed by atoms with Gasteiger partial charge in [0, 0.05) is 13.1 Å². The summed E-state index contributed by atoms with van der Waals surface area (Å²) in [5, 5.41) is 8.92. The van der Waals surface area contributed by atoms with Gasteiger partial charge in [-0.2, -0.15) is 9.57 Å². The summed E-state index contributed by atoms with van der Waals surface area (Å²) in [4.78, 5) is 0.248. The van der Waals surface area contributed by atoms with E-state index in [2.05, 4.69) is 0 Å². The zero-order valence-corrected chi connectivity index (χ0v) is 12.1. The molecule has 3 rings (SSSR count). The maximum atomic E-state index is 12.7. The van der Waals surface area contributed by atoms with Crippen molar-refractivity contribution in [3.63, 3.8) is 0 Å². The van der Waals surface area contributed by atoms with E-state index in [0.29, 0.717) is 30.5 Å². The van der Waals surface area contributed by atoms with E-state index in [4.69, 9.17) is 5.26 Å². The van der Waals surface area contributed by atoms with Crippen molar-refractivity contribution in [2.45, 2.75) is 30.6 Å². The molecule has 0 atom stereocenters. The molecule has 106 valence electrons. The first kappa shape index (κ1) is 13.6. The smallest absolute Gasteiger partial charge is 0.207 e. The molecule has 0 saturated heterocycles. The van der Waals surface area contributed by atoms with Crippen LogP contribution < -0.4 is 0 Å². The molecule has 5 heteroatoms. The molecule has 0 N–H and O–H groups in total. The third kappa shape index (κ3) is 3.02. The third-order valence-electron chi connectivity index (χ3n) is 3.92. The van der Waals surface area contributed by atoms with Crippen LogP contribution in [0.2, 0.25) is 0 Å². The van der Waals surface area contributed by atoms with Gasteiger partial charge in [0.25, 0.3) is 0 Å². The van der Waals surface area contributed by atoms with Gasteiger partial charge in [0.15, 0.2) is 0 Å². The summed E-state index contributed by atoms with van der Waals surface area (Å²) in [6.07, 6.45) is 4.54. The quantitative estimate of drug-likeness (QED) is 0.808. The Bertz CT molecular complexity index is 626. The highest BCUT2D eigenvalue weighted by Gasteiger charge is 2.35. The topological polar surface area (TPSA) is 61.2 Å². The lowest BCUT2D eigenvalue weighted by molar-refractivity contribution is 0.382. The van der Waals surface area contributed by atoms with Crippen molar-refractivity contribution in [2.75, 3.05) is 13.1 Å². The number of sulfonamides is 1. The number of hydrogen-bond donors (Lipinski definition) is 0. The first-order valence-corrected chi connectivity index (χ1v) is 8.54. The van der Waals surface area contributed by atoms with Crippen molar-refractivity contribution in [3.8, 4) is 6.07 Å². The van der Waals surface area contributed by atoms with Crippen molar-refractivity contribution < 1.29 is 8.42 Å². The zero-order valence-electron chi connectivity index (χ0n) is 11.3. The maximum Gasteiger partial charge on any atom is 0.243 e. The first-order chi connectivity index (χ1) is 9.59. The van der Waals surface area contributed by atoms with E-state index in [0.717, 1.165) is 25.7 Å². The molecule has 0 bridgehead atoms. The molecule has 0 aromatic heterocycles.